The summed E-state index contributed by atoms with van der Waals surface area (Å²) in [6.07, 6.45) is -1.29. The summed E-state index contributed by atoms with van der Waals surface area (Å²) >= 11 is 0. The molecule has 54 valence electrons. The summed E-state index contributed by atoms with van der Waals surface area (Å²) < 4.78 is 23.0. The minimum Gasteiger partial charge on any atom is -0.252 e. The van der Waals surface area contributed by atoms with Crippen LogP contribution in [0.4, 0.5) is 8.92 Å². The summed E-state index contributed by atoms with van der Waals surface area (Å²) in [6.45, 7) is 1.69. The van der Waals surface area contributed by atoms with E-state index in [0.29, 0.717) is 6.42 Å². The largest absolute Gasteiger partial charge is 0.382 e. The second kappa shape index (κ2) is 4.23. The van der Waals surface area contributed by atoms with Gasteiger partial charge in [0.25, 0.3) is 0 Å². The Morgan fingerprint density at radius 3 is 2.67 bits per heavy atom. The van der Waals surface area contributed by atoms with Crippen molar-refractivity contribution in [2.45, 2.75) is 25.9 Å². The molecule has 0 fully saturated rings. The van der Waals surface area contributed by atoms with Crippen LogP contribution in [0.1, 0.15) is 19.8 Å². The highest BCUT2D eigenvalue weighted by Crippen LogP contribution is 2.03. The SMILES string of the molecule is CCCC(F)C(=O)OF. The second-order valence-electron chi connectivity index (χ2n) is 1.65. The molecule has 0 aromatic heterocycles. The van der Waals surface area contributed by atoms with Crippen LogP contribution in [-0.2, 0) is 9.74 Å². The summed E-state index contributed by atoms with van der Waals surface area (Å²) in [5.74, 6) is -1.43. The van der Waals surface area contributed by atoms with E-state index in [4.69, 9.17) is 0 Å². The molecule has 0 heterocycles. The molecule has 0 N–H and O–H groups in total. The number of hydrogen-bond acceptors (Lipinski definition) is 2. The molecule has 1 unspecified atom stereocenters. The number of carbonyl (C=O) groups excluding carboxylic acids is 1. The molecule has 0 saturated heterocycles. The van der Waals surface area contributed by atoms with Gasteiger partial charge in [0.15, 0.2) is 0 Å². The Labute approximate surface area is 51.7 Å². The van der Waals surface area contributed by atoms with Crippen LogP contribution in [0.3, 0.4) is 0 Å². The highest BCUT2D eigenvalue weighted by atomic mass is 19.3. The molecule has 0 aliphatic rings. The highest BCUT2D eigenvalue weighted by Gasteiger charge is 2.17. The molecule has 4 heteroatoms. The van der Waals surface area contributed by atoms with Gasteiger partial charge >= 0.3 is 5.97 Å². The van der Waals surface area contributed by atoms with Crippen molar-refractivity contribution in [3.05, 3.63) is 0 Å². The Hall–Kier alpha value is -0.670. The topological polar surface area (TPSA) is 26.3 Å². The molecule has 0 aliphatic heterocycles. The van der Waals surface area contributed by atoms with E-state index in [1.807, 2.05) is 0 Å². The number of hydrogen-bond donors (Lipinski definition) is 0. The molecule has 0 aromatic rings. The van der Waals surface area contributed by atoms with Crippen molar-refractivity contribution in [3.8, 4) is 0 Å². The predicted molar refractivity (Wildman–Crippen MR) is 27.0 cm³/mol. The molecule has 0 spiro atoms. The van der Waals surface area contributed by atoms with Crippen LogP contribution in [0.25, 0.3) is 0 Å². The molecule has 0 saturated carbocycles. The van der Waals surface area contributed by atoms with Gasteiger partial charge in [-0.05, 0) is 6.42 Å². The van der Waals surface area contributed by atoms with Crippen molar-refractivity contribution < 1.29 is 18.7 Å². The maximum atomic E-state index is 12.1. The third-order valence-electron chi connectivity index (χ3n) is 0.874. The van der Waals surface area contributed by atoms with E-state index >= 15 is 0 Å². The van der Waals surface area contributed by atoms with Gasteiger partial charge in [-0.3, -0.25) is 4.94 Å². The van der Waals surface area contributed by atoms with E-state index < -0.39 is 12.1 Å². The summed E-state index contributed by atoms with van der Waals surface area (Å²) in [5.41, 5.74) is 0. The van der Waals surface area contributed by atoms with Gasteiger partial charge in [-0.15, -0.1) is 0 Å². The van der Waals surface area contributed by atoms with Gasteiger partial charge < -0.3 is 0 Å². The monoisotopic (exact) mass is 138 g/mol. The van der Waals surface area contributed by atoms with Crippen LogP contribution >= 0.6 is 0 Å². The zero-order valence-electron chi connectivity index (χ0n) is 5.06. The summed E-state index contributed by atoms with van der Waals surface area (Å²) in [7, 11) is 0. The Balaban J connectivity index is 3.45. The first kappa shape index (κ1) is 8.33. The van der Waals surface area contributed by atoms with E-state index in [1.54, 1.807) is 6.92 Å². The van der Waals surface area contributed by atoms with Crippen molar-refractivity contribution in [1.82, 2.24) is 0 Å². The van der Waals surface area contributed by atoms with Crippen LogP contribution in [-0.4, -0.2) is 12.1 Å². The van der Waals surface area contributed by atoms with Crippen LogP contribution in [0.2, 0.25) is 0 Å². The van der Waals surface area contributed by atoms with Crippen molar-refractivity contribution in [2.24, 2.45) is 0 Å². The third kappa shape index (κ3) is 3.00. The zero-order valence-corrected chi connectivity index (χ0v) is 5.06. The number of carbonyl (C=O) groups is 1. The molecule has 0 bridgehead atoms. The maximum absolute atomic E-state index is 12.1. The molecule has 9 heavy (non-hydrogen) atoms. The van der Waals surface area contributed by atoms with Crippen LogP contribution < -0.4 is 0 Å². The Kier molecular flexibility index (Phi) is 3.92. The van der Waals surface area contributed by atoms with Gasteiger partial charge in [-0.2, -0.15) is 0 Å². The fourth-order valence-electron chi connectivity index (χ4n) is 0.420. The fourth-order valence-corrected chi connectivity index (χ4v) is 0.420. The lowest BCUT2D eigenvalue weighted by Crippen LogP contribution is -2.14. The van der Waals surface area contributed by atoms with E-state index in [1.165, 1.54) is 0 Å². The third-order valence-corrected chi connectivity index (χ3v) is 0.874. The quantitative estimate of drug-likeness (QED) is 0.591. The van der Waals surface area contributed by atoms with Crippen molar-refractivity contribution >= 4 is 5.97 Å². The Morgan fingerprint density at radius 1 is 1.78 bits per heavy atom. The van der Waals surface area contributed by atoms with E-state index in [2.05, 4.69) is 4.94 Å². The van der Waals surface area contributed by atoms with Gasteiger partial charge in [0.2, 0.25) is 6.17 Å². The fraction of sp³-hybridized carbons (Fsp3) is 0.800. The Bertz CT molecular complexity index is 95.0. The normalized spacial score (nSPS) is 12.8. The van der Waals surface area contributed by atoms with Gasteiger partial charge in [-0.25, -0.2) is 9.18 Å². The smallest absolute Gasteiger partial charge is 0.252 e. The van der Waals surface area contributed by atoms with Crippen molar-refractivity contribution in [3.63, 3.8) is 0 Å². The van der Waals surface area contributed by atoms with Crippen LogP contribution in [0.5, 0.6) is 0 Å². The first-order valence-corrected chi connectivity index (χ1v) is 2.68. The maximum Gasteiger partial charge on any atom is 0.382 e. The summed E-state index contributed by atoms with van der Waals surface area (Å²) in [6, 6.07) is 0. The van der Waals surface area contributed by atoms with E-state index in [-0.39, 0.29) is 6.42 Å². The molecule has 2 nitrogen and oxygen atoms in total. The average Bonchev–Trinajstić information content (AvgIpc) is 1.87. The summed E-state index contributed by atoms with van der Waals surface area (Å²) in [4.78, 5) is 12.6. The van der Waals surface area contributed by atoms with Crippen LogP contribution in [0.15, 0.2) is 0 Å². The van der Waals surface area contributed by atoms with Gasteiger partial charge in [0, 0.05) is 4.53 Å². The first-order valence-electron chi connectivity index (χ1n) is 2.68. The first-order chi connectivity index (χ1) is 4.22. The average molecular weight is 138 g/mol. The zero-order chi connectivity index (χ0) is 7.28. The van der Waals surface area contributed by atoms with Crippen LogP contribution in [0, 0.1) is 0 Å². The predicted octanol–water partition coefficient (Wildman–Crippen LogP) is 1.55. The lowest BCUT2D eigenvalue weighted by Gasteiger charge is -1.97. The molecular weight excluding hydrogens is 130 g/mol. The second-order valence-corrected chi connectivity index (χ2v) is 1.65. The standard InChI is InChI=1S/C5H8F2O2/c1-2-3-4(6)5(8)9-7/h4H,2-3H2,1H3. The number of halogens is 2. The number of alkyl halides is 1. The highest BCUT2D eigenvalue weighted by molar-refractivity contribution is 5.73. The number of rotatable bonds is 3. The summed E-state index contributed by atoms with van der Waals surface area (Å²) in [5, 5.41) is 0. The van der Waals surface area contributed by atoms with Gasteiger partial charge in [-0.1, -0.05) is 13.3 Å². The molecule has 0 aromatic carbocycles. The molecule has 0 rings (SSSR count). The molecule has 0 aliphatic carbocycles. The Morgan fingerprint density at radius 2 is 2.33 bits per heavy atom. The lowest BCUT2D eigenvalue weighted by atomic mass is 10.2. The lowest BCUT2D eigenvalue weighted by molar-refractivity contribution is -0.190. The van der Waals surface area contributed by atoms with E-state index in [0.717, 1.165) is 0 Å². The molecule has 1 atom stereocenters. The minimum absolute atomic E-state index is 0.0166. The van der Waals surface area contributed by atoms with Gasteiger partial charge in [0.05, 0.1) is 0 Å². The molecule has 0 radical (unpaired) electrons. The molecular formula is C5H8F2O2. The van der Waals surface area contributed by atoms with Gasteiger partial charge in [0.1, 0.15) is 0 Å². The van der Waals surface area contributed by atoms with Crippen molar-refractivity contribution in [1.29, 1.82) is 0 Å². The van der Waals surface area contributed by atoms with E-state index in [9.17, 15) is 13.7 Å². The van der Waals surface area contributed by atoms with Crippen molar-refractivity contribution in [2.75, 3.05) is 0 Å². The molecule has 0 amide bonds. The minimum atomic E-state index is -1.81.